The highest BCUT2D eigenvalue weighted by Crippen LogP contribution is 2.42. The van der Waals surface area contributed by atoms with Crippen molar-refractivity contribution in [1.82, 2.24) is 14.5 Å². The molecule has 3 heterocycles. The number of nitrogens with zero attached hydrogens (tertiary/aromatic N) is 3. The van der Waals surface area contributed by atoms with E-state index in [0.29, 0.717) is 18.2 Å². The van der Waals surface area contributed by atoms with Crippen LogP contribution in [-0.4, -0.2) is 33.7 Å². The van der Waals surface area contributed by atoms with Gasteiger partial charge in [-0.1, -0.05) is 0 Å². The highest BCUT2D eigenvalue weighted by molar-refractivity contribution is 6.28. The second kappa shape index (κ2) is 4.61. The Morgan fingerprint density at radius 3 is 2.90 bits per heavy atom. The third-order valence-corrected chi connectivity index (χ3v) is 4.31. The average molecular weight is 314 g/mol. The van der Waals surface area contributed by atoms with Crippen molar-refractivity contribution in [2.45, 2.75) is 37.1 Å². The van der Waals surface area contributed by atoms with Crippen LogP contribution in [0.3, 0.4) is 0 Å². The molecule has 0 aromatic carbocycles. The fraction of sp³-hybridized carbons (Fsp3) is 0.571. The quantitative estimate of drug-likeness (QED) is 0.796. The lowest BCUT2D eigenvalue weighted by Crippen LogP contribution is -2.34. The van der Waals surface area contributed by atoms with Crippen LogP contribution < -0.4 is 0 Å². The largest absolute Gasteiger partial charge is 0.375 e. The van der Waals surface area contributed by atoms with Gasteiger partial charge in [-0.2, -0.15) is 0 Å². The average Bonchev–Trinajstić information content (AvgIpc) is 3.19. The molecule has 0 N–H and O–H groups in total. The van der Waals surface area contributed by atoms with Gasteiger partial charge in [0.1, 0.15) is 6.61 Å². The molecule has 1 saturated carbocycles. The lowest BCUT2D eigenvalue weighted by Gasteiger charge is -2.28. The summed E-state index contributed by atoms with van der Waals surface area (Å²) in [4.78, 5) is 8.28. The van der Waals surface area contributed by atoms with Crippen molar-refractivity contribution in [2.24, 2.45) is 0 Å². The summed E-state index contributed by atoms with van der Waals surface area (Å²) >= 11 is 5.88. The summed E-state index contributed by atoms with van der Waals surface area (Å²) in [5.41, 5.74) is 2.33. The first kappa shape index (κ1) is 13.4. The van der Waals surface area contributed by atoms with Gasteiger partial charge in [0.05, 0.1) is 23.8 Å². The van der Waals surface area contributed by atoms with Crippen molar-refractivity contribution in [3.8, 4) is 0 Å². The van der Waals surface area contributed by atoms with Crippen LogP contribution in [0, 0.1) is 0 Å². The Bertz CT molecular complexity index is 699. The molecule has 2 aliphatic rings. The number of rotatable bonds is 2. The van der Waals surface area contributed by atoms with Crippen LogP contribution in [-0.2, 0) is 4.74 Å². The van der Waals surface area contributed by atoms with Gasteiger partial charge >= 0.3 is 0 Å². The summed E-state index contributed by atoms with van der Waals surface area (Å²) in [5, 5.41) is 0.140. The van der Waals surface area contributed by atoms with Crippen molar-refractivity contribution >= 4 is 22.6 Å². The van der Waals surface area contributed by atoms with E-state index < -0.39 is 12.5 Å². The predicted octanol–water partition coefficient (Wildman–Crippen LogP) is 3.56. The minimum Gasteiger partial charge on any atom is -0.375 e. The van der Waals surface area contributed by atoms with Gasteiger partial charge in [0.2, 0.25) is 5.28 Å². The molecular weight excluding hydrogens is 300 g/mol. The van der Waals surface area contributed by atoms with Crippen molar-refractivity contribution in [3.63, 3.8) is 0 Å². The standard InChI is InChI=1S/C14H14ClF2N3O/c15-13-18-4-11-12(19-13)10(5-20(11)9-1-2-9)8-3-14(16,17)7-21-6-8/h4-5,8-9H,1-3,6-7H2. The van der Waals surface area contributed by atoms with Gasteiger partial charge in [0.15, 0.2) is 0 Å². The molecule has 1 aliphatic heterocycles. The van der Waals surface area contributed by atoms with E-state index in [1.165, 1.54) is 0 Å². The molecule has 4 nitrogen and oxygen atoms in total. The smallest absolute Gasteiger partial charge is 0.271 e. The molecule has 112 valence electrons. The van der Waals surface area contributed by atoms with Crippen LogP contribution in [0.1, 0.15) is 36.8 Å². The molecule has 1 saturated heterocycles. The fourth-order valence-corrected chi connectivity index (χ4v) is 3.15. The second-order valence-corrected chi connectivity index (χ2v) is 6.21. The first-order chi connectivity index (χ1) is 10.0. The van der Waals surface area contributed by atoms with E-state index in [-0.39, 0.29) is 17.6 Å². The zero-order valence-electron chi connectivity index (χ0n) is 11.2. The molecule has 2 fully saturated rings. The molecular formula is C14H14ClF2N3O. The Morgan fingerprint density at radius 1 is 1.38 bits per heavy atom. The summed E-state index contributed by atoms with van der Waals surface area (Å²) in [7, 11) is 0. The summed E-state index contributed by atoms with van der Waals surface area (Å²) in [6.07, 6.45) is 5.60. The fourth-order valence-electron chi connectivity index (χ4n) is 3.02. The van der Waals surface area contributed by atoms with Gasteiger partial charge in [-0.05, 0) is 24.4 Å². The lowest BCUT2D eigenvalue weighted by atomic mass is 9.93. The third-order valence-electron chi connectivity index (χ3n) is 4.13. The van der Waals surface area contributed by atoms with Crippen LogP contribution in [0.2, 0.25) is 5.28 Å². The number of alkyl halides is 2. The number of hydrogen-bond acceptors (Lipinski definition) is 3. The molecule has 1 atom stereocenters. The molecule has 2 aromatic rings. The van der Waals surface area contributed by atoms with Gasteiger partial charge in [0, 0.05) is 30.1 Å². The van der Waals surface area contributed by atoms with Crippen molar-refractivity contribution in [2.75, 3.05) is 13.2 Å². The topological polar surface area (TPSA) is 39.9 Å². The Balaban J connectivity index is 1.82. The third kappa shape index (κ3) is 2.40. The normalized spacial score (nSPS) is 25.4. The SMILES string of the molecule is FC1(F)COCC(c2cn(C3CC3)c3cnc(Cl)nc23)C1. The van der Waals surface area contributed by atoms with E-state index in [2.05, 4.69) is 14.5 Å². The maximum Gasteiger partial charge on any atom is 0.271 e. The number of halogens is 3. The molecule has 1 unspecified atom stereocenters. The zero-order valence-corrected chi connectivity index (χ0v) is 12.0. The second-order valence-electron chi connectivity index (χ2n) is 5.87. The molecule has 0 spiro atoms. The Hall–Kier alpha value is -1.27. The maximum atomic E-state index is 13.6. The van der Waals surface area contributed by atoms with Crippen LogP contribution in [0.4, 0.5) is 8.78 Å². The van der Waals surface area contributed by atoms with Gasteiger partial charge in [-0.25, -0.2) is 18.7 Å². The van der Waals surface area contributed by atoms with Crippen LogP contribution in [0.25, 0.3) is 11.0 Å². The Labute approximate surface area is 125 Å². The minimum atomic E-state index is -2.78. The monoisotopic (exact) mass is 313 g/mol. The molecule has 7 heteroatoms. The molecule has 4 rings (SSSR count). The first-order valence-electron chi connectivity index (χ1n) is 7.02. The molecule has 21 heavy (non-hydrogen) atoms. The summed E-state index contributed by atoms with van der Waals surface area (Å²) in [6.45, 7) is -0.207. The van der Waals surface area contributed by atoms with Gasteiger partial charge in [-0.3, -0.25) is 0 Å². The highest BCUT2D eigenvalue weighted by atomic mass is 35.5. The van der Waals surface area contributed by atoms with E-state index >= 15 is 0 Å². The Kier molecular flexibility index (Phi) is 2.94. The van der Waals surface area contributed by atoms with Crippen LogP contribution in [0.5, 0.6) is 0 Å². The van der Waals surface area contributed by atoms with Gasteiger partial charge in [0.25, 0.3) is 5.92 Å². The Morgan fingerprint density at radius 2 is 2.19 bits per heavy atom. The highest BCUT2D eigenvalue weighted by Gasteiger charge is 2.39. The molecule has 0 amide bonds. The number of hydrogen-bond donors (Lipinski definition) is 0. The van der Waals surface area contributed by atoms with E-state index in [4.69, 9.17) is 16.3 Å². The maximum absolute atomic E-state index is 13.6. The van der Waals surface area contributed by atoms with Crippen LogP contribution in [0.15, 0.2) is 12.4 Å². The lowest BCUT2D eigenvalue weighted by molar-refractivity contribution is -0.122. The summed E-state index contributed by atoms with van der Waals surface area (Å²) < 4.78 is 34.4. The zero-order chi connectivity index (χ0) is 14.6. The van der Waals surface area contributed by atoms with Crippen molar-refractivity contribution in [3.05, 3.63) is 23.2 Å². The van der Waals surface area contributed by atoms with Gasteiger partial charge in [-0.15, -0.1) is 0 Å². The van der Waals surface area contributed by atoms with Crippen molar-refractivity contribution < 1.29 is 13.5 Å². The molecule has 2 aromatic heterocycles. The molecule has 0 radical (unpaired) electrons. The van der Waals surface area contributed by atoms with E-state index in [1.807, 2.05) is 6.20 Å². The minimum absolute atomic E-state index is 0.140. The van der Waals surface area contributed by atoms with E-state index in [9.17, 15) is 8.78 Å². The van der Waals surface area contributed by atoms with E-state index in [0.717, 1.165) is 23.9 Å². The molecule has 0 bridgehead atoms. The van der Waals surface area contributed by atoms with Gasteiger partial charge < -0.3 is 9.30 Å². The number of fused-ring (bicyclic) bond motifs is 1. The number of aromatic nitrogens is 3. The van der Waals surface area contributed by atoms with Crippen molar-refractivity contribution in [1.29, 1.82) is 0 Å². The predicted molar refractivity (Wildman–Crippen MR) is 73.9 cm³/mol. The first-order valence-corrected chi connectivity index (χ1v) is 7.40. The summed E-state index contributed by atoms with van der Waals surface area (Å²) in [5.74, 6) is -3.14. The van der Waals surface area contributed by atoms with Crippen LogP contribution >= 0.6 is 11.6 Å². The number of ether oxygens (including phenoxy) is 1. The molecule has 1 aliphatic carbocycles. The summed E-state index contributed by atoms with van der Waals surface area (Å²) in [6, 6.07) is 0.427. The van der Waals surface area contributed by atoms with E-state index in [1.54, 1.807) is 6.20 Å².